The van der Waals surface area contributed by atoms with Gasteiger partial charge in [-0.3, -0.25) is 9.13 Å². The quantitative estimate of drug-likeness (QED) is 0.534. The number of piperidine rings is 1. The number of nitrogens with zero attached hydrogens (tertiary/aromatic N) is 3. The molecule has 2 amide bonds. The summed E-state index contributed by atoms with van der Waals surface area (Å²) >= 11 is 0. The van der Waals surface area contributed by atoms with E-state index in [1.54, 1.807) is 41.6 Å². The van der Waals surface area contributed by atoms with Crippen LogP contribution in [0.4, 0.5) is 21.9 Å². The van der Waals surface area contributed by atoms with Gasteiger partial charge in [0.1, 0.15) is 0 Å². The Morgan fingerprint density at radius 2 is 1.53 bits per heavy atom. The van der Waals surface area contributed by atoms with Gasteiger partial charge in [0.2, 0.25) is 0 Å². The number of anilines is 3. The molecule has 9 nitrogen and oxygen atoms in total. The second kappa shape index (κ2) is 10.1. The van der Waals surface area contributed by atoms with Gasteiger partial charge in [0.25, 0.3) is 0 Å². The van der Waals surface area contributed by atoms with Crippen LogP contribution in [0.25, 0.3) is 11.0 Å². The number of aromatic nitrogens is 2. The third kappa shape index (κ3) is 4.42. The van der Waals surface area contributed by atoms with Crippen LogP contribution in [0.15, 0.2) is 35.1 Å². The van der Waals surface area contributed by atoms with Gasteiger partial charge in [-0.25, -0.2) is 9.59 Å². The van der Waals surface area contributed by atoms with Crippen molar-refractivity contribution in [2.24, 2.45) is 0 Å². The molecule has 1 aliphatic rings. The van der Waals surface area contributed by atoms with Crippen LogP contribution in [-0.4, -0.2) is 42.5 Å². The molecule has 0 aliphatic carbocycles. The maximum Gasteiger partial charge on any atom is 0.329 e. The molecule has 0 unspecified atom stereocenters. The molecule has 0 bridgehead atoms. The van der Waals surface area contributed by atoms with Crippen molar-refractivity contribution in [3.8, 4) is 11.5 Å². The van der Waals surface area contributed by atoms with Crippen molar-refractivity contribution in [1.82, 2.24) is 9.13 Å². The van der Waals surface area contributed by atoms with Crippen molar-refractivity contribution in [3.05, 3.63) is 40.8 Å². The van der Waals surface area contributed by atoms with Crippen LogP contribution in [0.5, 0.6) is 11.5 Å². The molecule has 4 rings (SSSR count). The van der Waals surface area contributed by atoms with Crippen LogP contribution in [0.2, 0.25) is 0 Å². The first-order valence-electron chi connectivity index (χ1n) is 11.8. The average molecular weight is 468 g/mol. The number of ether oxygens (including phenoxy) is 2. The Morgan fingerprint density at radius 1 is 0.882 bits per heavy atom. The molecule has 0 radical (unpaired) electrons. The summed E-state index contributed by atoms with van der Waals surface area (Å²) in [4.78, 5) is 28.2. The lowest BCUT2D eigenvalue weighted by molar-refractivity contribution is 0.262. The minimum absolute atomic E-state index is 0.0310. The van der Waals surface area contributed by atoms with Gasteiger partial charge >= 0.3 is 11.7 Å². The first kappa shape index (κ1) is 23.5. The van der Waals surface area contributed by atoms with Crippen LogP contribution in [0, 0.1) is 0 Å². The lowest BCUT2D eigenvalue weighted by Gasteiger charge is -2.31. The van der Waals surface area contributed by atoms with Gasteiger partial charge in [-0.05, 0) is 57.4 Å². The molecule has 2 heterocycles. The topological polar surface area (TPSA) is 89.8 Å². The summed E-state index contributed by atoms with van der Waals surface area (Å²) in [6.45, 7) is 6.92. The Bertz CT molecular complexity index is 1240. The molecule has 1 saturated heterocycles. The smallest absolute Gasteiger partial charge is 0.329 e. The van der Waals surface area contributed by atoms with E-state index in [0.717, 1.165) is 42.7 Å². The minimum Gasteiger partial charge on any atom is -0.493 e. The highest BCUT2D eigenvalue weighted by molar-refractivity contribution is 6.04. The van der Waals surface area contributed by atoms with Gasteiger partial charge in [0.05, 0.1) is 36.6 Å². The van der Waals surface area contributed by atoms with Crippen molar-refractivity contribution >= 4 is 34.1 Å². The van der Waals surface area contributed by atoms with E-state index in [9.17, 15) is 9.59 Å². The third-order valence-electron chi connectivity index (χ3n) is 6.36. The second-order valence-electron chi connectivity index (χ2n) is 8.33. The monoisotopic (exact) mass is 467 g/mol. The molecule has 182 valence electrons. The van der Waals surface area contributed by atoms with Gasteiger partial charge in [0, 0.05) is 37.9 Å². The number of urea groups is 1. The van der Waals surface area contributed by atoms with Crippen LogP contribution < -0.4 is 30.7 Å². The van der Waals surface area contributed by atoms with E-state index in [1.165, 1.54) is 6.42 Å². The number of carbonyl (C=O) groups is 1. The van der Waals surface area contributed by atoms with E-state index in [-0.39, 0.29) is 11.7 Å². The molecule has 0 saturated carbocycles. The zero-order valence-corrected chi connectivity index (χ0v) is 20.3. The first-order valence-corrected chi connectivity index (χ1v) is 11.8. The largest absolute Gasteiger partial charge is 0.493 e. The number of hydrogen-bond acceptors (Lipinski definition) is 5. The number of amides is 2. The molecule has 0 atom stereocenters. The maximum atomic E-state index is 13.0. The Balaban J connectivity index is 1.71. The number of nitrogens with one attached hydrogen (secondary N) is 2. The fraction of sp³-hybridized carbons (Fsp3) is 0.440. The lowest BCUT2D eigenvalue weighted by atomic mass is 10.1. The van der Waals surface area contributed by atoms with E-state index in [1.807, 2.05) is 26.0 Å². The normalized spacial score (nSPS) is 13.7. The Kier molecular flexibility index (Phi) is 7.00. The number of imidazole rings is 1. The lowest BCUT2D eigenvalue weighted by Crippen LogP contribution is -2.31. The van der Waals surface area contributed by atoms with E-state index < -0.39 is 0 Å². The summed E-state index contributed by atoms with van der Waals surface area (Å²) in [6.07, 6.45) is 3.41. The Hall–Kier alpha value is -3.62. The summed E-state index contributed by atoms with van der Waals surface area (Å²) < 4.78 is 14.1. The molecule has 1 aromatic heterocycles. The van der Waals surface area contributed by atoms with Crippen molar-refractivity contribution in [2.45, 2.75) is 46.2 Å². The summed E-state index contributed by atoms with van der Waals surface area (Å²) in [6, 6.07) is 8.81. The predicted octanol–water partition coefficient (Wildman–Crippen LogP) is 4.49. The third-order valence-corrected chi connectivity index (χ3v) is 6.36. The highest BCUT2D eigenvalue weighted by atomic mass is 16.5. The van der Waals surface area contributed by atoms with Crippen molar-refractivity contribution in [3.63, 3.8) is 0 Å². The number of fused-ring (bicyclic) bond motifs is 1. The van der Waals surface area contributed by atoms with Crippen LogP contribution in [0.3, 0.4) is 0 Å². The van der Waals surface area contributed by atoms with E-state index in [0.29, 0.717) is 36.0 Å². The molecule has 2 aromatic carbocycles. The molecule has 1 fully saturated rings. The molecule has 1 aliphatic heterocycles. The zero-order valence-electron chi connectivity index (χ0n) is 20.3. The minimum atomic E-state index is -0.370. The fourth-order valence-corrected chi connectivity index (χ4v) is 4.66. The number of methoxy groups -OCH3 is 2. The molecule has 34 heavy (non-hydrogen) atoms. The SMILES string of the molecule is CCn1c(=O)n(CC)c2cc(N3CCCCC3)c(NC(=O)Nc3ccc(OC)c(OC)c3)cc21. The van der Waals surface area contributed by atoms with Crippen molar-refractivity contribution < 1.29 is 14.3 Å². The molecular weight excluding hydrogens is 434 g/mol. The highest BCUT2D eigenvalue weighted by Crippen LogP contribution is 2.34. The average Bonchev–Trinajstić information content (AvgIpc) is 3.12. The summed E-state index contributed by atoms with van der Waals surface area (Å²) in [5.41, 5.74) is 3.88. The van der Waals surface area contributed by atoms with Gasteiger partial charge in [-0.1, -0.05) is 0 Å². The van der Waals surface area contributed by atoms with E-state index >= 15 is 0 Å². The summed E-state index contributed by atoms with van der Waals surface area (Å²) in [5.74, 6) is 1.12. The van der Waals surface area contributed by atoms with E-state index in [4.69, 9.17) is 9.47 Å². The van der Waals surface area contributed by atoms with Crippen LogP contribution in [-0.2, 0) is 13.1 Å². The molecule has 0 spiro atoms. The molecule has 9 heteroatoms. The molecule has 2 N–H and O–H groups in total. The van der Waals surface area contributed by atoms with Crippen LogP contribution >= 0.6 is 0 Å². The fourth-order valence-electron chi connectivity index (χ4n) is 4.66. The summed E-state index contributed by atoms with van der Waals surface area (Å²) in [5, 5.41) is 5.90. The predicted molar refractivity (Wildman–Crippen MR) is 136 cm³/mol. The summed E-state index contributed by atoms with van der Waals surface area (Å²) in [7, 11) is 3.12. The van der Waals surface area contributed by atoms with Crippen molar-refractivity contribution in [2.75, 3.05) is 42.8 Å². The van der Waals surface area contributed by atoms with Gasteiger partial charge < -0.3 is 25.0 Å². The highest BCUT2D eigenvalue weighted by Gasteiger charge is 2.21. The number of carbonyl (C=O) groups excluding carboxylic acids is 1. The van der Waals surface area contributed by atoms with Crippen molar-refractivity contribution in [1.29, 1.82) is 0 Å². The molecule has 3 aromatic rings. The zero-order chi connectivity index (χ0) is 24.2. The van der Waals surface area contributed by atoms with Gasteiger partial charge in [-0.2, -0.15) is 0 Å². The number of aryl methyl sites for hydroxylation is 2. The van der Waals surface area contributed by atoms with E-state index in [2.05, 4.69) is 15.5 Å². The number of benzene rings is 2. The molecular formula is C25H33N5O4. The first-order chi connectivity index (χ1) is 16.5. The number of hydrogen-bond donors (Lipinski definition) is 2. The maximum absolute atomic E-state index is 13.0. The van der Waals surface area contributed by atoms with Crippen LogP contribution in [0.1, 0.15) is 33.1 Å². The Labute approximate surface area is 199 Å². The number of rotatable bonds is 7. The van der Waals surface area contributed by atoms with Gasteiger partial charge in [0.15, 0.2) is 11.5 Å². The standard InChI is InChI=1S/C25H33N5O4/c1-5-29-20-15-18(27-24(31)26-17-10-11-22(33-3)23(14-17)34-4)19(28-12-8-7-9-13-28)16-21(20)30(6-2)25(29)32/h10-11,14-16H,5-9,12-13H2,1-4H3,(H2,26,27,31). The van der Waals surface area contributed by atoms with Gasteiger partial charge in [-0.15, -0.1) is 0 Å². The Morgan fingerprint density at radius 3 is 2.15 bits per heavy atom. The second-order valence-corrected chi connectivity index (χ2v) is 8.33.